The molecule has 9 heteroatoms. The number of ether oxygens (including phenoxy) is 1. The smallest absolute Gasteiger partial charge is 0.273 e. The Balaban J connectivity index is 1.41. The molecule has 2 aromatic carbocycles. The Bertz CT molecular complexity index is 1180. The van der Waals surface area contributed by atoms with E-state index in [0.29, 0.717) is 17.7 Å². The molecule has 1 fully saturated rings. The van der Waals surface area contributed by atoms with E-state index in [9.17, 15) is 14.4 Å². The molecule has 0 spiro atoms. The van der Waals surface area contributed by atoms with Gasteiger partial charge in [0.05, 0.1) is 25.5 Å². The van der Waals surface area contributed by atoms with E-state index in [1.54, 1.807) is 30.1 Å². The summed E-state index contributed by atoms with van der Waals surface area (Å²) in [4.78, 5) is 37.3. The Kier molecular flexibility index (Phi) is 4.50. The van der Waals surface area contributed by atoms with E-state index >= 15 is 0 Å². The predicted octanol–water partition coefficient (Wildman–Crippen LogP) is 2.35. The Morgan fingerprint density at radius 1 is 0.968 bits per heavy atom. The molecule has 9 nitrogen and oxygen atoms in total. The number of hydrogen-bond acceptors (Lipinski definition) is 6. The average molecular weight is 417 g/mol. The summed E-state index contributed by atoms with van der Waals surface area (Å²) in [6.45, 7) is 0.166. The number of amides is 3. The fourth-order valence-electron chi connectivity index (χ4n) is 3.89. The molecule has 5 rings (SSSR count). The molecule has 2 aliphatic rings. The standard InChI is InChI=1S/C22H19N5O4/c1-31-17-8-5-14(6-9-17)19-13-25(24-23-19)16-7-10-18-15(11-16)12-26(22(18)30)27-20(28)3-2-4-21(27)29/h5-11,13H,2-4,12H2,1H3. The van der Waals surface area contributed by atoms with Crippen molar-refractivity contribution in [1.29, 1.82) is 0 Å². The highest BCUT2D eigenvalue weighted by Gasteiger charge is 2.39. The van der Waals surface area contributed by atoms with Crippen LogP contribution in [0.25, 0.3) is 16.9 Å². The molecule has 31 heavy (non-hydrogen) atoms. The van der Waals surface area contributed by atoms with E-state index in [2.05, 4.69) is 10.3 Å². The molecule has 0 N–H and O–H groups in total. The summed E-state index contributed by atoms with van der Waals surface area (Å²) in [7, 11) is 1.61. The number of methoxy groups -OCH3 is 1. The second kappa shape index (κ2) is 7.35. The minimum absolute atomic E-state index is 0.166. The van der Waals surface area contributed by atoms with Crippen LogP contribution in [0.15, 0.2) is 48.7 Å². The van der Waals surface area contributed by atoms with Crippen molar-refractivity contribution in [3.63, 3.8) is 0 Å². The summed E-state index contributed by atoms with van der Waals surface area (Å²) in [6, 6.07) is 12.8. The number of fused-ring (bicyclic) bond motifs is 1. The maximum Gasteiger partial charge on any atom is 0.273 e. The lowest BCUT2D eigenvalue weighted by atomic mass is 10.1. The molecule has 156 valence electrons. The summed E-state index contributed by atoms with van der Waals surface area (Å²) in [5.41, 5.74) is 3.54. The van der Waals surface area contributed by atoms with E-state index in [0.717, 1.165) is 27.6 Å². The maximum absolute atomic E-state index is 12.8. The third-order valence-electron chi connectivity index (χ3n) is 5.51. The van der Waals surface area contributed by atoms with E-state index < -0.39 is 0 Å². The number of aromatic nitrogens is 3. The average Bonchev–Trinajstić information content (AvgIpc) is 3.39. The number of rotatable bonds is 4. The SMILES string of the molecule is COc1ccc(-c2cn(-c3ccc4c(c3)CN(N3C(=O)CCCC3=O)C4=O)nn2)cc1. The van der Waals surface area contributed by atoms with Crippen LogP contribution in [0.2, 0.25) is 0 Å². The number of hydrogen-bond donors (Lipinski definition) is 0. The highest BCUT2D eigenvalue weighted by atomic mass is 16.5. The zero-order valence-corrected chi connectivity index (χ0v) is 16.8. The third-order valence-corrected chi connectivity index (χ3v) is 5.51. The Labute approximate surface area is 177 Å². The molecule has 3 amide bonds. The van der Waals surface area contributed by atoms with Crippen molar-refractivity contribution in [1.82, 2.24) is 25.0 Å². The molecule has 1 aromatic heterocycles. The van der Waals surface area contributed by atoms with Crippen molar-refractivity contribution in [2.45, 2.75) is 25.8 Å². The van der Waals surface area contributed by atoms with E-state index in [1.807, 2.05) is 30.3 Å². The van der Waals surface area contributed by atoms with Crippen LogP contribution in [-0.4, -0.2) is 49.8 Å². The summed E-state index contributed by atoms with van der Waals surface area (Å²) in [6.07, 6.45) is 2.86. The molecule has 1 saturated heterocycles. The highest BCUT2D eigenvalue weighted by Crippen LogP contribution is 2.29. The number of piperidine rings is 1. The zero-order chi connectivity index (χ0) is 21.5. The predicted molar refractivity (Wildman–Crippen MR) is 109 cm³/mol. The van der Waals surface area contributed by atoms with Crippen LogP contribution in [0.5, 0.6) is 5.75 Å². The van der Waals surface area contributed by atoms with Gasteiger partial charge in [-0.1, -0.05) is 5.21 Å². The first-order valence-corrected chi connectivity index (χ1v) is 9.93. The molecule has 2 aliphatic heterocycles. The first kappa shape index (κ1) is 19.0. The van der Waals surface area contributed by atoms with Gasteiger partial charge in [-0.3, -0.25) is 14.4 Å². The zero-order valence-electron chi connectivity index (χ0n) is 16.8. The highest BCUT2D eigenvalue weighted by molar-refractivity contribution is 6.04. The Hall–Kier alpha value is -4.01. The number of benzene rings is 2. The molecule has 0 aliphatic carbocycles. The van der Waals surface area contributed by atoms with Crippen molar-refractivity contribution in [2.75, 3.05) is 7.11 Å². The van der Waals surface area contributed by atoms with Gasteiger partial charge in [-0.15, -0.1) is 5.10 Å². The van der Waals surface area contributed by atoms with Gasteiger partial charge in [-0.05, 0) is 54.4 Å². The normalized spacial score (nSPS) is 16.1. The second-order valence-electron chi connectivity index (χ2n) is 7.43. The summed E-state index contributed by atoms with van der Waals surface area (Å²) in [5.74, 6) is -0.256. The summed E-state index contributed by atoms with van der Waals surface area (Å²) < 4.78 is 6.81. The van der Waals surface area contributed by atoms with Crippen LogP contribution in [0, 0.1) is 0 Å². The van der Waals surface area contributed by atoms with Crippen molar-refractivity contribution in [3.05, 3.63) is 59.8 Å². The van der Waals surface area contributed by atoms with Crippen LogP contribution < -0.4 is 4.74 Å². The number of carbonyl (C=O) groups excluding carboxylic acids is 3. The number of nitrogens with zero attached hydrogens (tertiary/aromatic N) is 5. The van der Waals surface area contributed by atoms with Gasteiger partial charge in [0, 0.05) is 24.0 Å². The molecule has 0 bridgehead atoms. The molecule has 3 aromatic rings. The lowest BCUT2D eigenvalue weighted by Gasteiger charge is -2.32. The Morgan fingerprint density at radius 2 is 1.71 bits per heavy atom. The first-order chi connectivity index (χ1) is 15.0. The van der Waals surface area contributed by atoms with Gasteiger partial charge in [0.25, 0.3) is 5.91 Å². The maximum atomic E-state index is 12.8. The van der Waals surface area contributed by atoms with Crippen LogP contribution in [0.4, 0.5) is 0 Å². The van der Waals surface area contributed by atoms with Gasteiger partial charge in [0.15, 0.2) is 0 Å². The molecular weight excluding hydrogens is 398 g/mol. The Morgan fingerprint density at radius 3 is 2.42 bits per heavy atom. The van der Waals surface area contributed by atoms with Gasteiger partial charge in [-0.2, -0.15) is 5.01 Å². The van der Waals surface area contributed by atoms with Gasteiger partial charge in [0.2, 0.25) is 11.8 Å². The topological polar surface area (TPSA) is 97.6 Å². The van der Waals surface area contributed by atoms with Crippen LogP contribution in [-0.2, 0) is 16.1 Å². The minimum Gasteiger partial charge on any atom is -0.497 e. The van der Waals surface area contributed by atoms with Crippen LogP contribution >= 0.6 is 0 Å². The van der Waals surface area contributed by atoms with Crippen molar-refractivity contribution in [2.24, 2.45) is 0 Å². The molecule has 0 atom stereocenters. The number of hydrazine groups is 1. The monoisotopic (exact) mass is 417 g/mol. The summed E-state index contributed by atoms with van der Waals surface area (Å²) >= 11 is 0. The fourth-order valence-corrected chi connectivity index (χ4v) is 3.89. The summed E-state index contributed by atoms with van der Waals surface area (Å²) in [5, 5.41) is 10.7. The van der Waals surface area contributed by atoms with Gasteiger partial charge in [-0.25, -0.2) is 9.69 Å². The van der Waals surface area contributed by atoms with E-state index in [1.165, 1.54) is 5.01 Å². The number of imide groups is 1. The van der Waals surface area contributed by atoms with Gasteiger partial charge >= 0.3 is 0 Å². The van der Waals surface area contributed by atoms with Crippen molar-refractivity contribution < 1.29 is 19.1 Å². The number of carbonyl (C=O) groups is 3. The molecule has 3 heterocycles. The second-order valence-corrected chi connectivity index (χ2v) is 7.43. The fraction of sp³-hybridized carbons (Fsp3) is 0.227. The molecule has 0 radical (unpaired) electrons. The van der Waals surface area contributed by atoms with Crippen molar-refractivity contribution >= 4 is 17.7 Å². The lowest BCUT2D eigenvalue weighted by Crippen LogP contribution is -2.51. The van der Waals surface area contributed by atoms with Crippen LogP contribution in [0.1, 0.15) is 35.2 Å². The van der Waals surface area contributed by atoms with Crippen LogP contribution in [0.3, 0.4) is 0 Å². The van der Waals surface area contributed by atoms with E-state index in [-0.39, 0.29) is 37.1 Å². The van der Waals surface area contributed by atoms with Crippen molar-refractivity contribution in [3.8, 4) is 22.7 Å². The van der Waals surface area contributed by atoms with Gasteiger partial charge < -0.3 is 4.74 Å². The largest absolute Gasteiger partial charge is 0.497 e. The van der Waals surface area contributed by atoms with Gasteiger partial charge in [0.1, 0.15) is 11.4 Å². The third kappa shape index (κ3) is 3.24. The molecular formula is C22H19N5O4. The quantitative estimate of drug-likeness (QED) is 0.605. The van der Waals surface area contributed by atoms with E-state index in [4.69, 9.17) is 4.74 Å². The molecule has 0 unspecified atom stereocenters. The first-order valence-electron chi connectivity index (χ1n) is 9.93. The molecule has 0 saturated carbocycles. The lowest BCUT2D eigenvalue weighted by molar-refractivity contribution is -0.163. The minimum atomic E-state index is -0.345.